The lowest BCUT2D eigenvalue weighted by atomic mass is 10.1. The number of aliphatic hydroxyl groups excluding tert-OH is 1. The van der Waals surface area contributed by atoms with E-state index in [4.69, 9.17) is 9.84 Å². The molecule has 1 heterocycles. The molecule has 1 aromatic heterocycles. The van der Waals surface area contributed by atoms with E-state index in [2.05, 4.69) is 15.4 Å². The molecule has 1 rings (SSSR count). The molecule has 0 atom stereocenters. The van der Waals surface area contributed by atoms with Crippen molar-refractivity contribution in [1.29, 1.82) is 0 Å². The maximum Gasteiger partial charge on any atom is 0.411 e. The summed E-state index contributed by atoms with van der Waals surface area (Å²) in [6.45, 7) is 0.514. The van der Waals surface area contributed by atoms with Gasteiger partial charge in [-0.3, -0.25) is 9.59 Å². The van der Waals surface area contributed by atoms with Crippen LogP contribution in [-0.4, -0.2) is 49.9 Å². The lowest BCUT2D eigenvalue weighted by Crippen LogP contribution is -2.39. The number of hydrogen-bond donors (Lipinski definition) is 3. The Kier molecular flexibility index (Phi) is 11.2. The summed E-state index contributed by atoms with van der Waals surface area (Å²) in [4.78, 5) is 34.4. The first kappa shape index (κ1) is 22.4. The molecule has 0 bridgehead atoms. The number of esters is 1. The Hall–Kier alpha value is -2.68. The zero-order valence-electron chi connectivity index (χ0n) is 15.6. The van der Waals surface area contributed by atoms with Gasteiger partial charge in [0.25, 0.3) is 12.6 Å². The Bertz CT molecular complexity index is 609. The fraction of sp³-hybridized carbons (Fsp3) is 0.556. The smallest absolute Gasteiger partial charge is 0.411 e. The fourth-order valence-electron chi connectivity index (χ4n) is 2.23. The van der Waals surface area contributed by atoms with Crippen molar-refractivity contribution < 1.29 is 33.5 Å². The molecule has 27 heavy (non-hydrogen) atoms. The molecule has 9 nitrogen and oxygen atoms in total. The van der Waals surface area contributed by atoms with Crippen LogP contribution in [0.4, 0.5) is 4.79 Å². The lowest BCUT2D eigenvalue weighted by molar-refractivity contribution is -0.727. The van der Waals surface area contributed by atoms with Crippen molar-refractivity contribution in [3.8, 4) is 0 Å². The number of ether oxygens (including phenoxy) is 2. The van der Waals surface area contributed by atoms with Crippen LogP contribution in [0.5, 0.6) is 0 Å². The van der Waals surface area contributed by atoms with Crippen molar-refractivity contribution in [2.45, 2.75) is 38.8 Å². The molecule has 0 fully saturated rings. The van der Waals surface area contributed by atoms with E-state index in [1.165, 1.54) is 7.11 Å². The number of carbonyl (C=O) groups excluding carboxylic acids is 3. The third kappa shape index (κ3) is 10.1. The van der Waals surface area contributed by atoms with Crippen LogP contribution in [0.2, 0.25) is 0 Å². The van der Waals surface area contributed by atoms with E-state index < -0.39 is 6.09 Å². The summed E-state index contributed by atoms with van der Waals surface area (Å²) in [5, 5.41) is 13.9. The number of unbranched alkanes of at least 4 members (excludes halogenated alkanes) is 3. The summed E-state index contributed by atoms with van der Waals surface area (Å²) < 4.78 is 11.2. The first-order valence-corrected chi connectivity index (χ1v) is 8.92. The summed E-state index contributed by atoms with van der Waals surface area (Å²) in [5.74, 6) is -0.515. The van der Waals surface area contributed by atoms with Gasteiger partial charge in [0, 0.05) is 25.6 Å². The second-order valence-corrected chi connectivity index (χ2v) is 5.81. The topological polar surface area (TPSA) is 118 Å². The molecular weight excluding hydrogens is 354 g/mol. The van der Waals surface area contributed by atoms with Crippen molar-refractivity contribution >= 4 is 18.0 Å². The van der Waals surface area contributed by atoms with Crippen molar-refractivity contribution in [2.24, 2.45) is 0 Å². The standard InChI is InChI=1S/C18H27N3O6/c1-26-16(23)8-4-2-3-5-9-20-18(25)27-14-21-11-6-7-15(13-21)17(24)19-10-12-22/h6-7,11,13,22H,2-5,8-10,12,14H2,1H3,(H-,19,20,24,25)/p+1. The van der Waals surface area contributed by atoms with E-state index in [9.17, 15) is 14.4 Å². The van der Waals surface area contributed by atoms with Gasteiger partial charge in [-0.1, -0.05) is 12.8 Å². The van der Waals surface area contributed by atoms with Gasteiger partial charge in [-0.05, 0) is 18.9 Å². The summed E-state index contributed by atoms with van der Waals surface area (Å²) in [7, 11) is 1.37. The van der Waals surface area contributed by atoms with E-state index in [1.54, 1.807) is 29.1 Å². The van der Waals surface area contributed by atoms with Crippen LogP contribution in [0, 0.1) is 0 Å². The number of amides is 2. The Labute approximate surface area is 158 Å². The van der Waals surface area contributed by atoms with Crippen LogP contribution in [-0.2, 0) is 21.0 Å². The average molecular weight is 382 g/mol. The molecule has 0 saturated carbocycles. The number of carbonyl (C=O) groups is 3. The number of pyridine rings is 1. The highest BCUT2D eigenvalue weighted by Gasteiger charge is 2.11. The van der Waals surface area contributed by atoms with Gasteiger partial charge in [0.2, 0.25) is 0 Å². The van der Waals surface area contributed by atoms with Crippen LogP contribution in [0.3, 0.4) is 0 Å². The molecule has 1 aromatic rings. The van der Waals surface area contributed by atoms with E-state index in [-0.39, 0.29) is 31.8 Å². The van der Waals surface area contributed by atoms with Crippen LogP contribution >= 0.6 is 0 Å². The summed E-state index contributed by atoms with van der Waals surface area (Å²) in [6, 6.07) is 3.30. The molecule has 9 heteroatoms. The Morgan fingerprint density at radius 1 is 1.11 bits per heavy atom. The second-order valence-electron chi connectivity index (χ2n) is 5.81. The number of methoxy groups -OCH3 is 1. The van der Waals surface area contributed by atoms with Crippen LogP contribution in [0.25, 0.3) is 0 Å². The minimum atomic E-state index is -0.535. The van der Waals surface area contributed by atoms with Crippen molar-refractivity contribution in [2.75, 3.05) is 26.8 Å². The largest absolute Gasteiger partial charge is 0.469 e. The van der Waals surface area contributed by atoms with E-state index in [0.717, 1.165) is 25.7 Å². The Morgan fingerprint density at radius 3 is 2.63 bits per heavy atom. The molecule has 0 aliphatic carbocycles. The van der Waals surface area contributed by atoms with Crippen LogP contribution < -0.4 is 15.2 Å². The number of nitrogens with one attached hydrogen (secondary N) is 2. The molecule has 2 amide bonds. The SMILES string of the molecule is COC(=O)CCCCCCNC(=O)OC[n+]1cccc(C(=O)NCCO)c1. The normalized spacial score (nSPS) is 10.1. The molecule has 0 spiro atoms. The van der Waals surface area contributed by atoms with Crippen LogP contribution in [0.1, 0.15) is 42.5 Å². The predicted molar refractivity (Wildman–Crippen MR) is 95.6 cm³/mol. The molecule has 3 N–H and O–H groups in total. The summed E-state index contributed by atoms with van der Waals surface area (Å²) >= 11 is 0. The predicted octanol–water partition coefficient (Wildman–Crippen LogP) is 0.503. The van der Waals surface area contributed by atoms with E-state index >= 15 is 0 Å². The monoisotopic (exact) mass is 382 g/mol. The highest BCUT2D eigenvalue weighted by molar-refractivity contribution is 5.93. The highest BCUT2D eigenvalue weighted by atomic mass is 16.6. The Balaban J connectivity index is 2.19. The molecule has 0 radical (unpaired) electrons. The van der Waals surface area contributed by atoms with Crippen molar-refractivity contribution in [1.82, 2.24) is 10.6 Å². The van der Waals surface area contributed by atoms with E-state index in [0.29, 0.717) is 18.5 Å². The van der Waals surface area contributed by atoms with Crippen molar-refractivity contribution in [3.05, 3.63) is 30.1 Å². The third-order valence-corrected chi connectivity index (χ3v) is 3.67. The average Bonchev–Trinajstić information content (AvgIpc) is 2.69. The molecule has 0 aliphatic heterocycles. The Morgan fingerprint density at radius 2 is 1.89 bits per heavy atom. The molecular formula is C18H28N3O6+. The maximum absolute atomic E-state index is 11.8. The minimum Gasteiger partial charge on any atom is -0.469 e. The number of hydrogen-bond acceptors (Lipinski definition) is 6. The first-order valence-electron chi connectivity index (χ1n) is 8.92. The van der Waals surface area contributed by atoms with Crippen molar-refractivity contribution in [3.63, 3.8) is 0 Å². The number of aliphatic hydroxyl groups is 1. The lowest BCUT2D eigenvalue weighted by Gasteiger charge is -2.06. The van der Waals surface area contributed by atoms with Gasteiger partial charge in [0.1, 0.15) is 5.56 Å². The fourth-order valence-corrected chi connectivity index (χ4v) is 2.23. The van der Waals surface area contributed by atoms with Gasteiger partial charge in [-0.15, -0.1) is 0 Å². The molecule has 0 saturated heterocycles. The van der Waals surface area contributed by atoms with Gasteiger partial charge in [-0.2, -0.15) is 4.57 Å². The first-order chi connectivity index (χ1) is 13.1. The van der Waals surface area contributed by atoms with Gasteiger partial charge < -0.3 is 25.2 Å². The van der Waals surface area contributed by atoms with Crippen LogP contribution in [0.15, 0.2) is 24.5 Å². The number of aromatic nitrogens is 1. The second kappa shape index (κ2) is 13.5. The summed E-state index contributed by atoms with van der Waals surface area (Å²) in [6.07, 6.45) is 6.48. The third-order valence-electron chi connectivity index (χ3n) is 3.67. The molecule has 150 valence electrons. The number of alkyl carbamates (subject to hydrolysis) is 1. The van der Waals surface area contributed by atoms with Gasteiger partial charge in [0.15, 0.2) is 12.4 Å². The zero-order chi connectivity index (χ0) is 19.9. The van der Waals surface area contributed by atoms with Gasteiger partial charge in [0.05, 0.1) is 13.7 Å². The molecule has 0 aromatic carbocycles. The maximum atomic E-state index is 11.8. The summed E-state index contributed by atoms with van der Waals surface area (Å²) in [5.41, 5.74) is 0.405. The number of rotatable bonds is 12. The van der Waals surface area contributed by atoms with Gasteiger partial charge in [-0.25, -0.2) is 4.79 Å². The number of nitrogens with zero attached hydrogens (tertiary/aromatic N) is 1. The minimum absolute atomic E-state index is 0.0217. The molecule has 0 unspecified atom stereocenters. The molecule has 0 aliphatic rings. The highest BCUT2D eigenvalue weighted by Crippen LogP contribution is 2.03. The van der Waals surface area contributed by atoms with Gasteiger partial charge >= 0.3 is 12.1 Å². The quantitative estimate of drug-likeness (QED) is 0.275. The van der Waals surface area contributed by atoms with E-state index in [1.807, 2.05) is 0 Å². The zero-order valence-corrected chi connectivity index (χ0v) is 15.6.